The van der Waals surface area contributed by atoms with Crippen molar-refractivity contribution in [3.8, 4) is 11.1 Å². The van der Waals surface area contributed by atoms with E-state index in [0.29, 0.717) is 27.8 Å². The highest BCUT2D eigenvalue weighted by molar-refractivity contribution is 7.94. The van der Waals surface area contributed by atoms with E-state index in [1.165, 1.54) is 18.2 Å². The predicted octanol–water partition coefficient (Wildman–Crippen LogP) is 5.76. The van der Waals surface area contributed by atoms with Gasteiger partial charge in [0.15, 0.2) is 11.5 Å². The standard InChI is InChI=1S/C20H16ClNO3S/c1-24-26-15-4-2-3-13(9-15)17-10-14(21)7-8-16(17)19(23)18-11-22-25-20(18)12-5-6-12/h2-4,7-12H,5-6H2,1H3. The Kier molecular flexibility index (Phi) is 4.85. The van der Waals surface area contributed by atoms with Crippen LogP contribution in [0.3, 0.4) is 0 Å². The molecule has 0 saturated heterocycles. The van der Waals surface area contributed by atoms with E-state index in [4.69, 9.17) is 20.3 Å². The fourth-order valence-corrected chi connectivity index (χ4v) is 3.64. The van der Waals surface area contributed by atoms with Gasteiger partial charge in [-0.05, 0) is 54.3 Å². The number of benzene rings is 2. The highest BCUT2D eigenvalue weighted by atomic mass is 35.5. The summed E-state index contributed by atoms with van der Waals surface area (Å²) in [4.78, 5) is 14.2. The van der Waals surface area contributed by atoms with Crippen LogP contribution in [0.1, 0.15) is 40.4 Å². The zero-order chi connectivity index (χ0) is 18.1. The van der Waals surface area contributed by atoms with Crippen molar-refractivity contribution < 1.29 is 13.5 Å². The highest BCUT2D eigenvalue weighted by Crippen LogP contribution is 2.42. The number of halogens is 1. The third-order valence-electron chi connectivity index (χ3n) is 4.34. The van der Waals surface area contributed by atoms with Gasteiger partial charge in [0.05, 0.1) is 18.9 Å². The second-order valence-electron chi connectivity index (χ2n) is 6.17. The van der Waals surface area contributed by atoms with Crippen molar-refractivity contribution >= 4 is 29.4 Å². The molecule has 0 N–H and O–H groups in total. The second-order valence-corrected chi connectivity index (χ2v) is 7.58. The Bertz CT molecular complexity index is 965. The fraction of sp³-hybridized carbons (Fsp3) is 0.200. The van der Waals surface area contributed by atoms with Crippen LogP contribution >= 0.6 is 23.6 Å². The molecule has 0 amide bonds. The SMILES string of the molecule is COSc1cccc(-c2cc(Cl)ccc2C(=O)c2cnoc2C2CC2)c1. The molecule has 0 spiro atoms. The lowest BCUT2D eigenvalue weighted by atomic mass is 9.93. The van der Waals surface area contributed by atoms with E-state index in [0.717, 1.165) is 28.9 Å². The normalized spacial score (nSPS) is 13.8. The molecule has 0 bridgehead atoms. The summed E-state index contributed by atoms with van der Waals surface area (Å²) in [5.41, 5.74) is 2.81. The van der Waals surface area contributed by atoms with Crippen molar-refractivity contribution in [3.05, 3.63) is 70.6 Å². The summed E-state index contributed by atoms with van der Waals surface area (Å²) in [6.07, 6.45) is 3.60. The molecule has 1 saturated carbocycles. The van der Waals surface area contributed by atoms with Gasteiger partial charge < -0.3 is 8.71 Å². The first kappa shape index (κ1) is 17.3. The maximum absolute atomic E-state index is 13.2. The number of aromatic nitrogens is 1. The summed E-state index contributed by atoms with van der Waals surface area (Å²) < 4.78 is 10.5. The minimum Gasteiger partial charge on any atom is -0.360 e. The maximum Gasteiger partial charge on any atom is 0.198 e. The number of ketones is 1. The quantitative estimate of drug-likeness (QED) is 0.399. The number of hydrogen-bond acceptors (Lipinski definition) is 5. The van der Waals surface area contributed by atoms with Gasteiger partial charge in [-0.25, -0.2) is 0 Å². The summed E-state index contributed by atoms with van der Waals surface area (Å²) in [7, 11) is 1.62. The number of hydrogen-bond donors (Lipinski definition) is 0. The van der Waals surface area contributed by atoms with E-state index in [-0.39, 0.29) is 5.78 Å². The Balaban J connectivity index is 1.79. The molecule has 0 radical (unpaired) electrons. The zero-order valence-corrected chi connectivity index (χ0v) is 15.6. The number of nitrogens with zero attached hydrogens (tertiary/aromatic N) is 1. The molecular weight excluding hydrogens is 370 g/mol. The van der Waals surface area contributed by atoms with Crippen LogP contribution in [0.25, 0.3) is 11.1 Å². The molecule has 0 atom stereocenters. The van der Waals surface area contributed by atoms with Gasteiger partial charge in [0.25, 0.3) is 0 Å². The molecule has 26 heavy (non-hydrogen) atoms. The molecular formula is C20H16ClNO3S. The number of rotatable bonds is 6. The molecule has 1 fully saturated rings. The van der Waals surface area contributed by atoms with Crippen LogP contribution in [-0.4, -0.2) is 18.0 Å². The molecule has 132 valence electrons. The van der Waals surface area contributed by atoms with Gasteiger partial charge in [0.2, 0.25) is 0 Å². The summed E-state index contributed by atoms with van der Waals surface area (Å²) in [6.45, 7) is 0. The lowest BCUT2D eigenvalue weighted by Gasteiger charge is -2.11. The van der Waals surface area contributed by atoms with Crippen molar-refractivity contribution in [2.75, 3.05) is 7.11 Å². The van der Waals surface area contributed by atoms with Crippen LogP contribution in [-0.2, 0) is 4.18 Å². The van der Waals surface area contributed by atoms with Crippen LogP contribution in [0.15, 0.2) is 58.1 Å². The van der Waals surface area contributed by atoms with E-state index >= 15 is 0 Å². The van der Waals surface area contributed by atoms with Gasteiger partial charge in [-0.2, -0.15) is 0 Å². The summed E-state index contributed by atoms with van der Waals surface area (Å²) in [5.74, 6) is 0.915. The first-order chi connectivity index (χ1) is 12.7. The largest absolute Gasteiger partial charge is 0.360 e. The first-order valence-corrected chi connectivity index (χ1v) is 9.39. The van der Waals surface area contributed by atoms with E-state index < -0.39 is 0 Å². The maximum atomic E-state index is 13.2. The Hall–Kier alpha value is -2.08. The van der Waals surface area contributed by atoms with Gasteiger partial charge in [-0.15, -0.1) is 0 Å². The van der Waals surface area contributed by atoms with Crippen molar-refractivity contribution in [2.45, 2.75) is 23.7 Å². The first-order valence-electron chi connectivity index (χ1n) is 8.27. The molecule has 4 rings (SSSR count). The van der Waals surface area contributed by atoms with E-state index in [1.54, 1.807) is 19.2 Å². The van der Waals surface area contributed by atoms with Crippen molar-refractivity contribution in [3.63, 3.8) is 0 Å². The summed E-state index contributed by atoms with van der Waals surface area (Å²) in [5, 5.41) is 4.42. The molecule has 3 aromatic rings. The fourth-order valence-electron chi connectivity index (χ4n) is 2.97. The van der Waals surface area contributed by atoms with E-state index in [2.05, 4.69) is 5.16 Å². The van der Waals surface area contributed by atoms with Crippen LogP contribution in [0.4, 0.5) is 0 Å². The minimum atomic E-state index is -0.0929. The van der Waals surface area contributed by atoms with Gasteiger partial charge in [0.1, 0.15) is 0 Å². The van der Waals surface area contributed by atoms with E-state index in [9.17, 15) is 4.79 Å². The van der Waals surface area contributed by atoms with Crippen molar-refractivity contribution in [1.82, 2.24) is 5.16 Å². The topological polar surface area (TPSA) is 52.3 Å². The van der Waals surface area contributed by atoms with Crippen LogP contribution < -0.4 is 0 Å². The van der Waals surface area contributed by atoms with Gasteiger partial charge >= 0.3 is 0 Å². The molecule has 2 aromatic carbocycles. The zero-order valence-electron chi connectivity index (χ0n) is 14.1. The molecule has 6 heteroatoms. The minimum absolute atomic E-state index is 0.0929. The molecule has 0 aliphatic heterocycles. The predicted molar refractivity (Wildman–Crippen MR) is 102 cm³/mol. The van der Waals surface area contributed by atoms with Gasteiger partial charge in [-0.1, -0.05) is 28.9 Å². The average Bonchev–Trinajstić information content (AvgIpc) is 3.38. The van der Waals surface area contributed by atoms with Gasteiger partial charge in [0, 0.05) is 33.4 Å². The summed E-state index contributed by atoms with van der Waals surface area (Å²) >= 11 is 7.49. The molecule has 1 aliphatic rings. The highest BCUT2D eigenvalue weighted by Gasteiger charge is 2.33. The van der Waals surface area contributed by atoms with Crippen LogP contribution in [0.5, 0.6) is 0 Å². The van der Waals surface area contributed by atoms with Crippen molar-refractivity contribution in [2.24, 2.45) is 0 Å². The Labute approximate surface area is 160 Å². The Morgan fingerprint density at radius 3 is 2.85 bits per heavy atom. The lowest BCUT2D eigenvalue weighted by molar-refractivity contribution is 0.103. The summed E-state index contributed by atoms with van der Waals surface area (Å²) in [6, 6.07) is 13.1. The Morgan fingerprint density at radius 1 is 1.23 bits per heavy atom. The molecule has 1 aromatic heterocycles. The second kappa shape index (κ2) is 7.27. The molecule has 1 heterocycles. The smallest absolute Gasteiger partial charge is 0.198 e. The van der Waals surface area contributed by atoms with E-state index in [1.807, 2.05) is 30.3 Å². The van der Waals surface area contributed by atoms with Crippen molar-refractivity contribution in [1.29, 1.82) is 0 Å². The molecule has 0 unspecified atom stereocenters. The number of carbonyl (C=O) groups is 1. The van der Waals surface area contributed by atoms with Crippen LogP contribution in [0.2, 0.25) is 5.02 Å². The monoisotopic (exact) mass is 385 g/mol. The number of carbonyl (C=O) groups excluding carboxylic acids is 1. The third-order valence-corrected chi connectivity index (χ3v) is 5.19. The third kappa shape index (κ3) is 3.43. The average molecular weight is 386 g/mol. The molecule has 1 aliphatic carbocycles. The van der Waals surface area contributed by atoms with Crippen LogP contribution in [0, 0.1) is 0 Å². The Morgan fingerprint density at radius 2 is 2.08 bits per heavy atom. The van der Waals surface area contributed by atoms with Gasteiger partial charge in [-0.3, -0.25) is 4.79 Å². The molecule has 4 nitrogen and oxygen atoms in total. The lowest BCUT2D eigenvalue weighted by Crippen LogP contribution is -2.05.